The Hall–Kier alpha value is -3.46. The summed E-state index contributed by atoms with van der Waals surface area (Å²) in [7, 11) is 1.76. The fourth-order valence-electron chi connectivity index (χ4n) is 3.40. The van der Waals surface area contributed by atoms with E-state index in [-0.39, 0.29) is 17.8 Å². The zero-order valence-corrected chi connectivity index (χ0v) is 17.2. The summed E-state index contributed by atoms with van der Waals surface area (Å²) in [6, 6.07) is 11.4. The van der Waals surface area contributed by atoms with E-state index >= 15 is 0 Å². The summed E-state index contributed by atoms with van der Waals surface area (Å²) in [5.41, 5.74) is 2.20. The molecule has 1 amide bonds. The third kappa shape index (κ3) is 5.18. The highest BCUT2D eigenvalue weighted by molar-refractivity contribution is 5.94. The second-order valence-corrected chi connectivity index (χ2v) is 7.16. The fraction of sp³-hybridized carbons (Fsp3) is 0.318. The first-order valence-electron chi connectivity index (χ1n) is 10.1. The number of benzene rings is 1. The van der Waals surface area contributed by atoms with E-state index in [1.807, 2.05) is 6.07 Å². The van der Waals surface area contributed by atoms with Crippen LogP contribution in [0.25, 0.3) is 0 Å². The summed E-state index contributed by atoms with van der Waals surface area (Å²) < 4.78 is 24.6. The predicted octanol–water partition coefficient (Wildman–Crippen LogP) is 2.82. The summed E-state index contributed by atoms with van der Waals surface area (Å²) in [4.78, 5) is 18.8. The van der Waals surface area contributed by atoms with E-state index < -0.39 is 0 Å². The monoisotopic (exact) mass is 425 g/mol. The molecular weight excluding hydrogens is 401 g/mol. The number of carbonyl (C=O) groups is 1. The molecule has 0 bridgehead atoms. The average molecular weight is 425 g/mol. The molecule has 1 aliphatic heterocycles. The molecule has 3 aromatic rings. The third-order valence-electron chi connectivity index (χ3n) is 5.03. The second kappa shape index (κ2) is 9.57. The molecule has 0 spiro atoms. The fourth-order valence-corrected chi connectivity index (χ4v) is 3.40. The standard InChI is InChI=1S/C22H24FN5O3/c1-24-21-11-15(5-7-25-21)22(29)28-8-10-31-20(14-28)19-13-17(26-27-19)6-9-30-18-4-2-3-16(23)12-18/h2-5,7,11-13,20H,6,8-10,14H2,1H3,(H,24,25)(H,26,27)/t20-/m1/s1. The van der Waals surface area contributed by atoms with Gasteiger partial charge in [0.1, 0.15) is 23.5 Å². The molecule has 0 aliphatic carbocycles. The third-order valence-corrected chi connectivity index (χ3v) is 5.03. The van der Waals surface area contributed by atoms with E-state index in [1.54, 1.807) is 42.4 Å². The van der Waals surface area contributed by atoms with Gasteiger partial charge in [-0.05, 0) is 30.3 Å². The molecule has 4 rings (SSSR count). The van der Waals surface area contributed by atoms with Crippen LogP contribution in [0.15, 0.2) is 48.7 Å². The summed E-state index contributed by atoms with van der Waals surface area (Å²) in [5.74, 6) is 0.741. The van der Waals surface area contributed by atoms with Crippen LogP contribution < -0.4 is 10.1 Å². The minimum absolute atomic E-state index is 0.0635. The number of hydrogen-bond acceptors (Lipinski definition) is 6. The van der Waals surface area contributed by atoms with Crippen LogP contribution in [-0.2, 0) is 11.2 Å². The average Bonchev–Trinajstić information content (AvgIpc) is 3.28. The van der Waals surface area contributed by atoms with Gasteiger partial charge in [-0.3, -0.25) is 9.89 Å². The minimum atomic E-state index is -0.330. The topological polar surface area (TPSA) is 92.4 Å². The van der Waals surface area contributed by atoms with E-state index in [0.29, 0.717) is 49.9 Å². The van der Waals surface area contributed by atoms with Crippen molar-refractivity contribution in [1.82, 2.24) is 20.1 Å². The molecule has 2 aromatic heterocycles. The van der Waals surface area contributed by atoms with Crippen molar-refractivity contribution in [3.63, 3.8) is 0 Å². The Kier molecular flexibility index (Phi) is 6.42. The van der Waals surface area contributed by atoms with Crippen molar-refractivity contribution in [2.45, 2.75) is 12.5 Å². The van der Waals surface area contributed by atoms with Gasteiger partial charge in [0.15, 0.2) is 0 Å². The number of nitrogens with zero attached hydrogens (tertiary/aromatic N) is 3. The summed E-state index contributed by atoms with van der Waals surface area (Å²) >= 11 is 0. The van der Waals surface area contributed by atoms with E-state index in [4.69, 9.17) is 9.47 Å². The highest BCUT2D eigenvalue weighted by Crippen LogP contribution is 2.23. The number of aromatic nitrogens is 3. The normalized spacial score (nSPS) is 16.2. The molecular formula is C22H24FN5O3. The highest BCUT2D eigenvalue weighted by Gasteiger charge is 2.28. The van der Waals surface area contributed by atoms with Crippen molar-refractivity contribution in [3.8, 4) is 5.75 Å². The first-order valence-corrected chi connectivity index (χ1v) is 10.1. The Bertz CT molecular complexity index is 1040. The number of aromatic amines is 1. The quantitative estimate of drug-likeness (QED) is 0.605. The lowest BCUT2D eigenvalue weighted by atomic mass is 10.1. The van der Waals surface area contributed by atoms with Crippen molar-refractivity contribution in [2.24, 2.45) is 0 Å². The van der Waals surface area contributed by atoms with Gasteiger partial charge in [-0.25, -0.2) is 9.37 Å². The molecule has 1 saturated heterocycles. The number of halogens is 1. The van der Waals surface area contributed by atoms with Crippen LogP contribution in [0, 0.1) is 5.82 Å². The predicted molar refractivity (Wildman–Crippen MR) is 113 cm³/mol. The van der Waals surface area contributed by atoms with Crippen molar-refractivity contribution in [2.75, 3.05) is 38.7 Å². The SMILES string of the molecule is CNc1cc(C(=O)N2CCO[C@@H](c3cc(CCOc4cccc(F)c4)[nH]n3)C2)ccn1. The largest absolute Gasteiger partial charge is 0.493 e. The molecule has 0 unspecified atom stereocenters. The Labute approximate surface area is 179 Å². The van der Waals surface area contributed by atoms with Gasteiger partial charge in [0.2, 0.25) is 0 Å². The number of ether oxygens (including phenoxy) is 2. The number of anilines is 1. The number of morpholine rings is 1. The molecule has 0 radical (unpaired) electrons. The molecule has 0 saturated carbocycles. The van der Waals surface area contributed by atoms with Crippen molar-refractivity contribution in [1.29, 1.82) is 0 Å². The number of rotatable bonds is 7. The van der Waals surface area contributed by atoms with Crippen molar-refractivity contribution < 1.29 is 18.7 Å². The summed E-state index contributed by atoms with van der Waals surface area (Å²) in [6.07, 6.45) is 1.89. The zero-order valence-electron chi connectivity index (χ0n) is 17.2. The molecule has 1 fully saturated rings. The van der Waals surface area contributed by atoms with Gasteiger partial charge < -0.3 is 19.7 Å². The first kappa shape index (κ1) is 20.8. The second-order valence-electron chi connectivity index (χ2n) is 7.16. The zero-order chi connectivity index (χ0) is 21.6. The molecule has 1 aromatic carbocycles. The molecule has 162 valence electrons. The van der Waals surface area contributed by atoms with Crippen LogP contribution in [0.3, 0.4) is 0 Å². The van der Waals surface area contributed by atoms with Crippen molar-refractivity contribution >= 4 is 11.7 Å². The lowest BCUT2D eigenvalue weighted by molar-refractivity contribution is -0.0247. The van der Waals surface area contributed by atoms with Gasteiger partial charge >= 0.3 is 0 Å². The van der Waals surface area contributed by atoms with Crippen molar-refractivity contribution in [3.05, 3.63) is 71.4 Å². The minimum Gasteiger partial charge on any atom is -0.493 e. The first-order chi connectivity index (χ1) is 15.1. The number of carbonyl (C=O) groups excluding carboxylic acids is 1. The van der Waals surface area contributed by atoms with Crippen LogP contribution in [0.2, 0.25) is 0 Å². The number of amides is 1. The van der Waals surface area contributed by atoms with Crippen LogP contribution >= 0.6 is 0 Å². The molecule has 31 heavy (non-hydrogen) atoms. The molecule has 1 atom stereocenters. The molecule has 2 N–H and O–H groups in total. The Balaban J connectivity index is 1.34. The Morgan fingerprint density at radius 1 is 1.35 bits per heavy atom. The highest BCUT2D eigenvalue weighted by atomic mass is 19.1. The number of hydrogen-bond donors (Lipinski definition) is 2. The van der Waals surface area contributed by atoms with E-state index in [0.717, 1.165) is 11.4 Å². The van der Waals surface area contributed by atoms with E-state index in [2.05, 4.69) is 20.5 Å². The van der Waals surface area contributed by atoms with Crippen LogP contribution in [0.1, 0.15) is 27.8 Å². The van der Waals surface area contributed by atoms with Crippen LogP contribution in [-0.4, -0.2) is 59.3 Å². The van der Waals surface area contributed by atoms with Gasteiger partial charge in [0, 0.05) is 43.5 Å². The Morgan fingerprint density at radius 2 is 2.26 bits per heavy atom. The van der Waals surface area contributed by atoms with E-state index in [9.17, 15) is 9.18 Å². The number of nitrogens with one attached hydrogen (secondary N) is 2. The van der Waals surface area contributed by atoms with Gasteiger partial charge in [0.25, 0.3) is 5.91 Å². The molecule has 9 heteroatoms. The van der Waals surface area contributed by atoms with Gasteiger partial charge in [-0.2, -0.15) is 5.10 Å². The van der Waals surface area contributed by atoms with E-state index in [1.165, 1.54) is 12.1 Å². The number of H-pyrrole nitrogens is 1. The molecule has 1 aliphatic rings. The van der Waals surface area contributed by atoms with Crippen LogP contribution in [0.4, 0.5) is 10.2 Å². The molecule has 3 heterocycles. The number of pyridine rings is 1. The van der Waals surface area contributed by atoms with Gasteiger partial charge in [-0.1, -0.05) is 6.07 Å². The Morgan fingerprint density at radius 3 is 3.10 bits per heavy atom. The van der Waals surface area contributed by atoms with Gasteiger partial charge in [0.05, 0.1) is 25.5 Å². The maximum atomic E-state index is 13.2. The lowest BCUT2D eigenvalue weighted by Gasteiger charge is -2.32. The smallest absolute Gasteiger partial charge is 0.254 e. The molecule has 8 nitrogen and oxygen atoms in total. The van der Waals surface area contributed by atoms with Gasteiger partial charge in [-0.15, -0.1) is 0 Å². The lowest BCUT2D eigenvalue weighted by Crippen LogP contribution is -2.42. The summed E-state index contributed by atoms with van der Waals surface area (Å²) in [5, 5.41) is 10.3. The maximum Gasteiger partial charge on any atom is 0.254 e. The maximum absolute atomic E-state index is 13.2. The van der Waals surface area contributed by atoms with Crippen LogP contribution in [0.5, 0.6) is 5.75 Å². The summed E-state index contributed by atoms with van der Waals surface area (Å²) in [6.45, 7) is 1.76.